The van der Waals surface area contributed by atoms with Crippen LogP contribution in [0.25, 0.3) is 0 Å². The van der Waals surface area contributed by atoms with E-state index in [1.165, 1.54) is 37.8 Å². The number of aromatic nitrogens is 2. The number of hydrogen-bond acceptors (Lipinski definition) is 2. The molecule has 0 radical (unpaired) electrons. The lowest BCUT2D eigenvalue weighted by Crippen LogP contribution is -2.18. The molecule has 1 heterocycles. The van der Waals surface area contributed by atoms with E-state index >= 15 is 0 Å². The minimum absolute atomic E-state index is 0.580. The van der Waals surface area contributed by atoms with E-state index in [4.69, 9.17) is 5.10 Å². The lowest BCUT2D eigenvalue weighted by atomic mass is 10.1. The van der Waals surface area contributed by atoms with E-state index in [9.17, 15) is 0 Å². The third-order valence-corrected chi connectivity index (χ3v) is 4.78. The summed E-state index contributed by atoms with van der Waals surface area (Å²) >= 11 is 0. The van der Waals surface area contributed by atoms with Crippen LogP contribution in [0.3, 0.4) is 0 Å². The average Bonchev–Trinajstić information content (AvgIpc) is 2.83. The van der Waals surface area contributed by atoms with Crippen molar-refractivity contribution in [3.05, 3.63) is 18.0 Å². The molecule has 1 atom stereocenters. The molecule has 100 valence electrons. The fourth-order valence-corrected chi connectivity index (χ4v) is 3.14. The number of nitrogens with zero attached hydrogens (tertiary/aromatic N) is 2. The lowest BCUT2D eigenvalue weighted by molar-refractivity contribution is 0.458. The standard InChI is InChI=1S/C15H25N3/c1-15(2)9-12(15)10-16-11-13-7-8-18(17-13)14-5-3-4-6-14/h7-8,12,14,16H,3-6,9-11H2,1-2H3. The highest BCUT2D eigenvalue weighted by Gasteiger charge is 2.44. The van der Waals surface area contributed by atoms with Crippen molar-refractivity contribution in [2.45, 2.75) is 58.5 Å². The van der Waals surface area contributed by atoms with E-state index in [2.05, 4.69) is 36.1 Å². The summed E-state index contributed by atoms with van der Waals surface area (Å²) in [6.45, 7) is 6.78. The molecular formula is C15H25N3. The van der Waals surface area contributed by atoms with Gasteiger partial charge >= 0.3 is 0 Å². The smallest absolute Gasteiger partial charge is 0.0762 e. The monoisotopic (exact) mass is 247 g/mol. The zero-order valence-corrected chi connectivity index (χ0v) is 11.7. The maximum absolute atomic E-state index is 4.70. The first-order chi connectivity index (χ1) is 8.65. The van der Waals surface area contributed by atoms with Gasteiger partial charge in [0.25, 0.3) is 0 Å². The van der Waals surface area contributed by atoms with Crippen molar-refractivity contribution in [1.29, 1.82) is 0 Å². The van der Waals surface area contributed by atoms with Gasteiger partial charge in [-0.1, -0.05) is 26.7 Å². The molecule has 2 fully saturated rings. The predicted molar refractivity (Wildman–Crippen MR) is 73.3 cm³/mol. The van der Waals surface area contributed by atoms with Crippen LogP contribution in [0.1, 0.15) is 57.7 Å². The van der Waals surface area contributed by atoms with Crippen molar-refractivity contribution < 1.29 is 0 Å². The molecule has 3 heteroatoms. The van der Waals surface area contributed by atoms with E-state index in [0.717, 1.165) is 19.0 Å². The Balaban J connectivity index is 1.45. The van der Waals surface area contributed by atoms with Crippen LogP contribution >= 0.6 is 0 Å². The average molecular weight is 247 g/mol. The van der Waals surface area contributed by atoms with Gasteiger partial charge in [0.15, 0.2) is 0 Å². The van der Waals surface area contributed by atoms with Gasteiger partial charge in [-0.3, -0.25) is 4.68 Å². The quantitative estimate of drug-likeness (QED) is 0.866. The molecule has 0 aromatic carbocycles. The number of rotatable bonds is 5. The Bertz CT molecular complexity index is 402. The van der Waals surface area contributed by atoms with Crippen molar-refractivity contribution in [2.24, 2.45) is 11.3 Å². The summed E-state index contributed by atoms with van der Waals surface area (Å²) in [5, 5.41) is 8.25. The first kappa shape index (κ1) is 12.2. The topological polar surface area (TPSA) is 29.9 Å². The lowest BCUT2D eigenvalue weighted by Gasteiger charge is -2.09. The second-order valence-electron chi connectivity index (χ2n) is 6.75. The summed E-state index contributed by atoms with van der Waals surface area (Å²) in [5.74, 6) is 0.870. The first-order valence-electron chi connectivity index (χ1n) is 7.40. The summed E-state index contributed by atoms with van der Waals surface area (Å²) in [4.78, 5) is 0. The molecule has 2 saturated carbocycles. The zero-order chi connectivity index (χ0) is 12.6. The van der Waals surface area contributed by atoms with Gasteiger partial charge in [-0.15, -0.1) is 0 Å². The molecule has 0 spiro atoms. The van der Waals surface area contributed by atoms with Crippen LogP contribution in [0.5, 0.6) is 0 Å². The second kappa shape index (κ2) is 4.69. The Kier molecular flexibility index (Phi) is 3.18. The van der Waals surface area contributed by atoms with E-state index < -0.39 is 0 Å². The van der Waals surface area contributed by atoms with E-state index in [-0.39, 0.29) is 0 Å². The fraction of sp³-hybridized carbons (Fsp3) is 0.800. The summed E-state index contributed by atoms with van der Waals surface area (Å²) < 4.78 is 2.19. The Labute approximate surface area is 110 Å². The molecule has 1 aromatic heterocycles. The van der Waals surface area contributed by atoms with Crippen LogP contribution < -0.4 is 5.32 Å². The Morgan fingerprint density at radius 2 is 2.11 bits per heavy atom. The van der Waals surface area contributed by atoms with Gasteiger partial charge in [0.1, 0.15) is 0 Å². The molecule has 1 unspecified atom stereocenters. The molecule has 1 N–H and O–H groups in total. The Hall–Kier alpha value is -0.830. The maximum atomic E-state index is 4.70. The van der Waals surface area contributed by atoms with Crippen LogP contribution in [0.2, 0.25) is 0 Å². The van der Waals surface area contributed by atoms with E-state index in [1.807, 2.05) is 0 Å². The van der Waals surface area contributed by atoms with Gasteiger partial charge in [0.2, 0.25) is 0 Å². The van der Waals surface area contributed by atoms with E-state index in [0.29, 0.717) is 11.5 Å². The molecule has 1 aromatic rings. The summed E-state index contributed by atoms with van der Waals surface area (Å²) in [6.07, 6.45) is 8.89. The highest BCUT2D eigenvalue weighted by atomic mass is 15.3. The summed E-state index contributed by atoms with van der Waals surface area (Å²) in [7, 11) is 0. The van der Waals surface area contributed by atoms with Crippen molar-refractivity contribution in [2.75, 3.05) is 6.54 Å². The third-order valence-electron chi connectivity index (χ3n) is 4.78. The van der Waals surface area contributed by atoms with Crippen LogP contribution in [-0.2, 0) is 6.54 Å². The SMILES string of the molecule is CC1(C)CC1CNCc1ccn(C2CCCC2)n1. The van der Waals surface area contributed by atoms with Gasteiger partial charge in [-0.25, -0.2) is 0 Å². The van der Waals surface area contributed by atoms with Gasteiger partial charge < -0.3 is 5.32 Å². The summed E-state index contributed by atoms with van der Waals surface area (Å²) in [5.41, 5.74) is 1.77. The van der Waals surface area contributed by atoms with Crippen molar-refractivity contribution in [3.63, 3.8) is 0 Å². The fourth-order valence-electron chi connectivity index (χ4n) is 3.14. The zero-order valence-electron chi connectivity index (χ0n) is 11.7. The van der Waals surface area contributed by atoms with Gasteiger partial charge in [0, 0.05) is 12.7 Å². The van der Waals surface area contributed by atoms with Crippen LogP contribution in [-0.4, -0.2) is 16.3 Å². The number of hydrogen-bond donors (Lipinski definition) is 1. The van der Waals surface area contributed by atoms with Crippen LogP contribution in [0.4, 0.5) is 0 Å². The van der Waals surface area contributed by atoms with Crippen LogP contribution in [0.15, 0.2) is 12.3 Å². The maximum Gasteiger partial charge on any atom is 0.0762 e. The predicted octanol–water partition coefficient (Wildman–Crippen LogP) is 3.13. The van der Waals surface area contributed by atoms with Crippen molar-refractivity contribution >= 4 is 0 Å². The van der Waals surface area contributed by atoms with Gasteiger partial charge in [0.05, 0.1) is 11.7 Å². The minimum atomic E-state index is 0.580. The minimum Gasteiger partial charge on any atom is -0.311 e. The Morgan fingerprint density at radius 3 is 2.78 bits per heavy atom. The molecule has 0 bridgehead atoms. The largest absolute Gasteiger partial charge is 0.311 e. The highest BCUT2D eigenvalue weighted by molar-refractivity contribution is 5.01. The van der Waals surface area contributed by atoms with Gasteiger partial charge in [-0.2, -0.15) is 5.10 Å². The molecule has 0 aliphatic heterocycles. The molecule has 0 amide bonds. The van der Waals surface area contributed by atoms with Crippen molar-refractivity contribution in [1.82, 2.24) is 15.1 Å². The van der Waals surface area contributed by atoms with E-state index in [1.54, 1.807) is 0 Å². The van der Waals surface area contributed by atoms with Gasteiger partial charge in [-0.05, 0) is 43.2 Å². The molecule has 18 heavy (non-hydrogen) atoms. The molecule has 2 aliphatic rings. The second-order valence-corrected chi connectivity index (χ2v) is 6.75. The van der Waals surface area contributed by atoms with Crippen molar-refractivity contribution in [3.8, 4) is 0 Å². The third kappa shape index (κ3) is 2.61. The molecule has 3 rings (SSSR count). The molecular weight excluding hydrogens is 222 g/mol. The highest BCUT2D eigenvalue weighted by Crippen LogP contribution is 2.50. The normalized spacial score (nSPS) is 26.7. The molecule has 0 saturated heterocycles. The number of nitrogens with one attached hydrogen (secondary N) is 1. The Morgan fingerprint density at radius 1 is 1.39 bits per heavy atom. The first-order valence-corrected chi connectivity index (χ1v) is 7.40. The molecule has 2 aliphatic carbocycles. The van der Waals surface area contributed by atoms with Crippen LogP contribution in [0, 0.1) is 11.3 Å². The summed E-state index contributed by atoms with van der Waals surface area (Å²) in [6, 6.07) is 2.84. The molecule has 3 nitrogen and oxygen atoms in total.